The Morgan fingerprint density at radius 1 is 1.36 bits per heavy atom. The molecule has 7 heteroatoms. The van der Waals surface area contributed by atoms with Gasteiger partial charge < -0.3 is 24.3 Å². The molecule has 1 aliphatic heterocycles. The van der Waals surface area contributed by atoms with Crippen molar-refractivity contribution in [2.75, 3.05) is 53.0 Å². The number of hydrogen-bond donors (Lipinski definition) is 1. The smallest absolute Gasteiger partial charge is 0.289 e. The largest absolute Gasteiger partial charge is 0.459 e. The Hall–Kier alpha value is -2.02. The van der Waals surface area contributed by atoms with Crippen molar-refractivity contribution in [3.8, 4) is 0 Å². The quantitative estimate of drug-likeness (QED) is 0.491. The highest BCUT2D eigenvalue weighted by Gasteiger charge is 2.24. The van der Waals surface area contributed by atoms with Gasteiger partial charge in [-0.3, -0.25) is 9.79 Å². The molecule has 0 unspecified atom stereocenters. The third-order valence-corrected chi connectivity index (χ3v) is 3.54. The van der Waals surface area contributed by atoms with Gasteiger partial charge in [-0.15, -0.1) is 0 Å². The van der Waals surface area contributed by atoms with Crippen LogP contribution in [0.5, 0.6) is 0 Å². The molecule has 1 aliphatic rings. The zero-order valence-electron chi connectivity index (χ0n) is 13.2. The fourth-order valence-corrected chi connectivity index (χ4v) is 2.39. The molecule has 0 bridgehead atoms. The first kappa shape index (κ1) is 16.4. The van der Waals surface area contributed by atoms with Crippen LogP contribution in [0.25, 0.3) is 0 Å². The Morgan fingerprint density at radius 2 is 2.09 bits per heavy atom. The molecule has 1 aromatic rings. The summed E-state index contributed by atoms with van der Waals surface area (Å²) in [5, 5.41) is 3.27. The lowest BCUT2D eigenvalue weighted by Gasteiger charge is -2.36. The van der Waals surface area contributed by atoms with Crippen LogP contribution in [0, 0.1) is 0 Å². The molecular formula is C15H24N4O3. The minimum absolute atomic E-state index is 0.0519. The Labute approximate surface area is 130 Å². The second kappa shape index (κ2) is 8.43. The van der Waals surface area contributed by atoms with Crippen LogP contribution < -0.4 is 5.32 Å². The fraction of sp³-hybridized carbons (Fsp3) is 0.600. The van der Waals surface area contributed by atoms with Gasteiger partial charge in [-0.05, 0) is 19.1 Å². The highest BCUT2D eigenvalue weighted by atomic mass is 16.5. The van der Waals surface area contributed by atoms with Crippen molar-refractivity contribution >= 4 is 11.9 Å². The van der Waals surface area contributed by atoms with Gasteiger partial charge in [-0.2, -0.15) is 0 Å². The summed E-state index contributed by atoms with van der Waals surface area (Å²) in [4.78, 5) is 20.4. The fourth-order valence-electron chi connectivity index (χ4n) is 2.39. The van der Waals surface area contributed by atoms with Crippen LogP contribution in [0.15, 0.2) is 27.8 Å². The van der Waals surface area contributed by atoms with Crippen molar-refractivity contribution in [1.82, 2.24) is 15.1 Å². The standard InChI is InChI=1S/C15H24N4O3/c1-3-21-12-6-17-15(16-2)19-9-7-18(8-10-19)14(20)13-5-4-11-22-13/h4-5,11H,3,6-10,12H2,1-2H3,(H,16,17). The number of furan rings is 1. The molecule has 1 fully saturated rings. The first-order valence-electron chi connectivity index (χ1n) is 7.62. The van der Waals surface area contributed by atoms with Crippen LogP contribution >= 0.6 is 0 Å². The van der Waals surface area contributed by atoms with Gasteiger partial charge in [0, 0.05) is 46.4 Å². The number of hydrogen-bond acceptors (Lipinski definition) is 4. The number of nitrogens with zero attached hydrogens (tertiary/aromatic N) is 3. The van der Waals surface area contributed by atoms with E-state index in [4.69, 9.17) is 9.15 Å². The summed E-state index contributed by atoms with van der Waals surface area (Å²) >= 11 is 0. The molecule has 1 aromatic heterocycles. The van der Waals surface area contributed by atoms with E-state index >= 15 is 0 Å². The number of carbonyl (C=O) groups excluding carboxylic acids is 1. The predicted octanol–water partition coefficient (Wildman–Crippen LogP) is 0.649. The molecule has 7 nitrogen and oxygen atoms in total. The zero-order chi connectivity index (χ0) is 15.8. The second-order valence-corrected chi connectivity index (χ2v) is 4.93. The second-order valence-electron chi connectivity index (χ2n) is 4.93. The molecule has 122 valence electrons. The van der Waals surface area contributed by atoms with Gasteiger partial charge in [-0.25, -0.2) is 0 Å². The molecule has 1 N–H and O–H groups in total. The number of ether oxygens (including phenoxy) is 1. The molecule has 0 aliphatic carbocycles. The van der Waals surface area contributed by atoms with Gasteiger partial charge in [0.15, 0.2) is 11.7 Å². The lowest BCUT2D eigenvalue weighted by Crippen LogP contribution is -2.54. The summed E-state index contributed by atoms with van der Waals surface area (Å²) in [6.07, 6.45) is 1.52. The minimum atomic E-state index is -0.0519. The van der Waals surface area contributed by atoms with Crippen LogP contribution in [-0.4, -0.2) is 74.7 Å². The summed E-state index contributed by atoms with van der Waals surface area (Å²) in [7, 11) is 1.77. The highest BCUT2D eigenvalue weighted by Crippen LogP contribution is 2.09. The molecule has 22 heavy (non-hydrogen) atoms. The van der Waals surface area contributed by atoms with E-state index in [1.165, 1.54) is 6.26 Å². The maximum Gasteiger partial charge on any atom is 0.289 e. The van der Waals surface area contributed by atoms with Crippen LogP contribution in [0.3, 0.4) is 0 Å². The summed E-state index contributed by atoms with van der Waals surface area (Å²) in [6.45, 7) is 6.90. The van der Waals surface area contributed by atoms with E-state index in [0.717, 1.165) is 25.6 Å². The van der Waals surface area contributed by atoms with E-state index in [0.29, 0.717) is 32.1 Å². The Kier molecular flexibility index (Phi) is 6.27. The van der Waals surface area contributed by atoms with Gasteiger partial charge in [0.1, 0.15) is 0 Å². The third kappa shape index (κ3) is 4.24. The van der Waals surface area contributed by atoms with Gasteiger partial charge in [-0.1, -0.05) is 0 Å². The molecule has 0 radical (unpaired) electrons. The van der Waals surface area contributed by atoms with Gasteiger partial charge >= 0.3 is 0 Å². The highest BCUT2D eigenvalue weighted by molar-refractivity contribution is 5.91. The molecule has 2 rings (SSSR count). The first-order chi connectivity index (χ1) is 10.8. The van der Waals surface area contributed by atoms with Gasteiger partial charge in [0.25, 0.3) is 5.91 Å². The van der Waals surface area contributed by atoms with E-state index in [2.05, 4.69) is 15.2 Å². The van der Waals surface area contributed by atoms with Crippen molar-refractivity contribution in [2.24, 2.45) is 4.99 Å². The zero-order valence-corrected chi connectivity index (χ0v) is 13.2. The summed E-state index contributed by atoms with van der Waals surface area (Å²) < 4.78 is 10.5. The van der Waals surface area contributed by atoms with Gasteiger partial charge in [0.2, 0.25) is 0 Å². The maximum absolute atomic E-state index is 12.2. The molecule has 0 atom stereocenters. The summed E-state index contributed by atoms with van der Waals surface area (Å²) in [5.41, 5.74) is 0. The number of aliphatic imine (C=N–C) groups is 1. The molecule has 1 amide bonds. The van der Waals surface area contributed by atoms with E-state index in [1.54, 1.807) is 19.2 Å². The first-order valence-corrected chi connectivity index (χ1v) is 7.62. The number of piperazine rings is 1. The van der Waals surface area contributed by atoms with Crippen molar-refractivity contribution in [3.05, 3.63) is 24.2 Å². The maximum atomic E-state index is 12.2. The average molecular weight is 308 g/mol. The number of rotatable bonds is 5. The summed E-state index contributed by atoms with van der Waals surface area (Å²) in [6, 6.07) is 3.43. The van der Waals surface area contributed by atoms with Crippen molar-refractivity contribution in [1.29, 1.82) is 0 Å². The average Bonchev–Trinajstić information content (AvgIpc) is 3.09. The molecule has 1 saturated heterocycles. The number of carbonyl (C=O) groups is 1. The van der Waals surface area contributed by atoms with Crippen molar-refractivity contribution in [2.45, 2.75) is 6.92 Å². The van der Waals surface area contributed by atoms with E-state index in [1.807, 2.05) is 11.8 Å². The number of nitrogens with one attached hydrogen (secondary N) is 1. The predicted molar refractivity (Wildman–Crippen MR) is 84.0 cm³/mol. The molecular weight excluding hydrogens is 284 g/mol. The Morgan fingerprint density at radius 3 is 2.68 bits per heavy atom. The van der Waals surface area contributed by atoms with E-state index in [9.17, 15) is 4.79 Å². The third-order valence-electron chi connectivity index (χ3n) is 3.54. The lowest BCUT2D eigenvalue weighted by molar-refractivity contribution is 0.0657. The van der Waals surface area contributed by atoms with Crippen molar-refractivity contribution < 1.29 is 13.9 Å². The van der Waals surface area contributed by atoms with Gasteiger partial charge in [0.05, 0.1) is 12.9 Å². The summed E-state index contributed by atoms with van der Waals surface area (Å²) in [5.74, 6) is 1.20. The molecule has 0 aromatic carbocycles. The SMILES string of the molecule is CCOCCNC(=NC)N1CCN(C(=O)c2ccco2)CC1. The van der Waals surface area contributed by atoms with E-state index in [-0.39, 0.29) is 5.91 Å². The topological polar surface area (TPSA) is 70.3 Å². The van der Waals surface area contributed by atoms with Crippen LogP contribution in [-0.2, 0) is 4.74 Å². The number of amides is 1. The van der Waals surface area contributed by atoms with E-state index < -0.39 is 0 Å². The van der Waals surface area contributed by atoms with Crippen LogP contribution in [0.2, 0.25) is 0 Å². The molecule has 2 heterocycles. The normalized spacial score (nSPS) is 16.0. The Bertz CT molecular complexity index is 479. The Balaban J connectivity index is 1.79. The molecule has 0 saturated carbocycles. The van der Waals surface area contributed by atoms with Crippen LogP contribution in [0.1, 0.15) is 17.5 Å². The minimum Gasteiger partial charge on any atom is -0.459 e. The number of guanidine groups is 1. The van der Waals surface area contributed by atoms with Crippen molar-refractivity contribution in [3.63, 3.8) is 0 Å². The lowest BCUT2D eigenvalue weighted by atomic mass is 10.3. The monoisotopic (exact) mass is 308 g/mol. The van der Waals surface area contributed by atoms with Crippen LogP contribution in [0.4, 0.5) is 0 Å². The molecule has 0 spiro atoms.